The van der Waals surface area contributed by atoms with Gasteiger partial charge in [0.15, 0.2) is 0 Å². The molecule has 0 saturated carbocycles. The van der Waals surface area contributed by atoms with E-state index in [1.165, 1.54) is 6.92 Å². The Bertz CT molecular complexity index is 412. The normalized spacial score (nSPS) is 11.9. The molecule has 0 N–H and O–H groups in total. The van der Waals surface area contributed by atoms with Gasteiger partial charge in [-0.3, -0.25) is 0 Å². The molecule has 17 heavy (non-hydrogen) atoms. The van der Waals surface area contributed by atoms with Gasteiger partial charge in [-0.05, 0) is 6.92 Å². The number of carbonyl (C=O) groups excluding carboxylic acids is 1. The summed E-state index contributed by atoms with van der Waals surface area (Å²) in [6, 6.07) is 0. The third kappa shape index (κ3) is 3.07. The first-order chi connectivity index (χ1) is 7.79. The van der Waals surface area contributed by atoms with Gasteiger partial charge in [-0.25, -0.2) is 4.79 Å². The Morgan fingerprint density at radius 3 is 2.53 bits per heavy atom. The lowest BCUT2D eigenvalue weighted by Gasteiger charge is -2.07. The lowest BCUT2D eigenvalue weighted by atomic mass is 10.1. The average molecular weight is 291 g/mol. The Labute approximate surface area is 104 Å². The summed E-state index contributed by atoms with van der Waals surface area (Å²) in [4.78, 5) is 10.1. The first-order valence-corrected chi connectivity index (χ1v) is 5.30. The van der Waals surface area contributed by atoms with Gasteiger partial charge >= 0.3 is 12.1 Å². The van der Waals surface area contributed by atoms with Gasteiger partial charge in [0.1, 0.15) is 10.4 Å². The maximum Gasteiger partial charge on any atom is 0.450 e. The predicted molar refractivity (Wildman–Crippen MR) is 54.1 cm³/mol. The van der Waals surface area contributed by atoms with Crippen molar-refractivity contribution in [2.45, 2.75) is 17.9 Å². The second-order valence-electron chi connectivity index (χ2n) is 2.91. The van der Waals surface area contributed by atoms with Crippen molar-refractivity contribution in [2.24, 2.45) is 0 Å². The van der Waals surface area contributed by atoms with Crippen LogP contribution in [-0.2, 0) is 10.9 Å². The second-order valence-corrected chi connectivity index (χ2v) is 4.01. The largest absolute Gasteiger partial charge is 0.462 e. The Morgan fingerprint density at radius 1 is 1.53 bits per heavy atom. The summed E-state index contributed by atoms with van der Waals surface area (Å²) < 4.78 is 46.4. The number of ether oxygens (including phenoxy) is 1. The molecule has 1 aromatic heterocycles. The monoisotopic (exact) mass is 290 g/mol. The van der Waals surface area contributed by atoms with Crippen LogP contribution in [0.4, 0.5) is 13.2 Å². The molecular weight excluding hydrogens is 284 g/mol. The van der Waals surface area contributed by atoms with Crippen LogP contribution in [0.3, 0.4) is 0 Å². The van der Waals surface area contributed by atoms with Crippen molar-refractivity contribution in [2.75, 3.05) is 6.61 Å². The summed E-state index contributed by atoms with van der Waals surface area (Å²) in [7, 11) is 0. The highest BCUT2D eigenvalue weighted by molar-refractivity contribution is 6.44. The minimum Gasteiger partial charge on any atom is -0.462 e. The SMILES string of the molecule is CCOC(=O)c1c(C(Cl)Cl)coc1C(F)(F)F. The van der Waals surface area contributed by atoms with Gasteiger partial charge in [0.25, 0.3) is 0 Å². The zero-order valence-corrected chi connectivity index (χ0v) is 9.99. The van der Waals surface area contributed by atoms with Gasteiger partial charge in [-0.2, -0.15) is 13.2 Å². The van der Waals surface area contributed by atoms with E-state index in [9.17, 15) is 18.0 Å². The molecule has 0 unspecified atom stereocenters. The van der Waals surface area contributed by atoms with Crippen molar-refractivity contribution in [3.63, 3.8) is 0 Å². The molecule has 1 heterocycles. The number of hydrogen-bond donors (Lipinski definition) is 0. The quantitative estimate of drug-likeness (QED) is 0.625. The van der Waals surface area contributed by atoms with Crippen LogP contribution in [0.1, 0.15) is 33.4 Å². The van der Waals surface area contributed by atoms with Crippen molar-refractivity contribution < 1.29 is 27.1 Å². The standard InChI is InChI=1S/C9H7Cl2F3O3/c1-2-16-8(15)5-4(7(10)11)3-17-6(5)9(12,13)14/h3,7H,2H2,1H3. The Balaban J connectivity index is 3.30. The molecule has 0 radical (unpaired) electrons. The van der Waals surface area contributed by atoms with E-state index in [1.54, 1.807) is 0 Å². The zero-order valence-electron chi connectivity index (χ0n) is 8.48. The zero-order chi connectivity index (χ0) is 13.2. The van der Waals surface area contributed by atoms with Gasteiger partial charge in [0, 0.05) is 5.56 Å². The average Bonchev–Trinajstić information content (AvgIpc) is 2.60. The Kier molecular flexibility index (Phi) is 4.32. The smallest absolute Gasteiger partial charge is 0.450 e. The summed E-state index contributed by atoms with van der Waals surface area (Å²) in [5, 5.41) is 0. The number of carbonyl (C=O) groups is 1. The van der Waals surface area contributed by atoms with Gasteiger partial charge < -0.3 is 9.15 Å². The fourth-order valence-corrected chi connectivity index (χ4v) is 1.48. The third-order valence-corrected chi connectivity index (χ3v) is 2.26. The first kappa shape index (κ1) is 14.2. The van der Waals surface area contributed by atoms with Crippen LogP contribution in [0.25, 0.3) is 0 Å². The molecule has 1 aromatic rings. The number of rotatable bonds is 3. The molecule has 96 valence electrons. The summed E-state index contributed by atoms with van der Waals surface area (Å²) in [5.74, 6) is -2.63. The summed E-state index contributed by atoms with van der Waals surface area (Å²) in [5.41, 5.74) is -1.05. The van der Waals surface area contributed by atoms with E-state index in [4.69, 9.17) is 23.2 Å². The van der Waals surface area contributed by atoms with Crippen molar-refractivity contribution in [1.29, 1.82) is 0 Å². The summed E-state index contributed by atoms with van der Waals surface area (Å²) in [6.45, 7) is 1.39. The van der Waals surface area contributed by atoms with Crippen molar-refractivity contribution in [1.82, 2.24) is 0 Å². The molecular formula is C9H7Cl2F3O3. The number of furan rings is 1. The van der Waals surface area contributed by atoms with E-state index in [0.717, 1.165) is 0 Å². The Hall–Kier alpha value is -0.880. The first-order valence-electron chi connectivity index (χ1n) is 4.42. The van der Waals surface area contributed by atoms with Crippen LogP contribution >= 0.6 is 23.2 Å². The molecule has 0 amide bonds. The van der Waals surface area contributed by atoms with E-state index in [1.807, 2.05) is 0 Å². The van der Waals surface area contributed by atoms with Gasteiger partial charge in [-0.1, -0.05) is 23.2 Å². The number of esters is 1. The molecule has 0 aliphatic rings. The highest BCUT2D eigenvalue weighted by Gasteiger charge is 2.42. The molecule has 0 fully saturated rings. The van der Waals surface area contributed by atoms with Gasteiger partial charge in [0.2, 0.25) is 5.76 Å². The van der Waals surface area contributed by atoms with Crippen LogP contribution in [0.5, 0.6) is 0 Å². The predicted octanol–water partition coefficient (Wildman–Crippen LogP) is 3.95. The van der Waals surface area contributed by atoms with Crippen molar-refractivity contribution >= 4 is 29.2 Å². The van der Waals surface area contributed by atoms with Crippen LogP contribution < -0.4 is 0 Å². The summed E-state index contributed by atoms with van der Waals surface area (Å²) >= 11 is 10.9. The molecule has 0 aliphatic heterocycles. The molecule has 1 rings (SSSR count). The van der Waals surface area contributed by atoms with Gasteiger partial charge in [0.05, 0.1) is 12.9 Å². The topological polar surface area (TPSA) is 39.4 Å². The lowest BCUT2D eigenvalue weighted by molar-refractivity contribution is -0.153. The van der Waals surface area contributed by atoms with E-state index in [2.05, 4.69) is 9.15 Å². The number of alkyl halides is 5. The molecule has 0 saturated heterocycles. The summed E-state index contributed by atoms with van der Waals surface area (Å²) in [6.07, 6.45) is -4.12. The highest BCUT2D eigenvalue weighted by Crippen LogP contribution is 2.39. The van der Waals surface area contributed by atoms with Crippen LogP contribution in [0, 0.1) is 0 Å². The molecule has 0 spiro atoms. The van der Waals surface area contributed by atoms with Crippen molar-refractivity contribution in [3.05, 3.63) is 23.2 Å². The van der Waals surface area contributed by atoms with E-state index < -0.39 is 28.3 Å². The third-order valence-electron chi connectivity index (χ3n) is 1.79. The number of halogens is 5. The molecule has 8 heteroatoms. The van der Waals surface area contributed by atoms with Crippen molar-refractivity contribution in [3.8, 4) is 0 Å². The fourth-order valence-electron chi connectivity index (χ4n) is 1.15. The molecule has 0 aromatic carbocycles. The van der Waals surface area contributed by atoms with E-state index in [0.29, 0.717) is 6.26 Å². The van der Waals surface area contributed by atoms with Gasteiger partial charge in [-0.15, -0.1) is 0 Å². The Morgan fingerprint density at radius 2 is 2.12 bits per heavy atom. The molecule has 3 nitrogen and oxygen atoms in total. The van der Waals surface area contributed by atoms with E-state index >= 15 is 0 Å². The molecule has 0 bridgehead atoms. The van der Waals surface area contributed by atoms with Crippen LogP contribution in [0.15, 0.2) is 10.7 Å². The lowest BCUT2D eigenvalue weighted by Crippen LogP contribution is -2.14. The number of hydrogen-bond acceptors (Lipinski definition) is 3. The minimum atomic E-state index is -4.82. The molecule has 0 atom stereocenters. The van der Waals surface area contributed by atoms with Crippen LogP contribution in [0.2, 0.25) is 0 Å². The second kappa shape index (κ2) is 5.18. The molecule has 0 aliphatic carbocycles. The fraction of sp³-hybridized carbons (Fsp3) is 0.444. The maximum absolute atomic E-state index is 12.5. The highest BCUT2D eigenvalue weighted by atomic mass is 35.5. The minimum absolute atomic E-state index is 0.0734. The maximum atomic E-state index is 12.5. The van der Waals surface area contributed by atoms with E-state index in [-0.39, 0.29) is 12.2 Å². The van der Waals surface area contributed by atoms with Crippen LogP contribution in [-0.4, -0.2) is 12.6 Å².